The maximum Gasteiger partial charge on any atom is 0.338 e. The van der Waals surface area contributed by atoms with Crippen LogP contribution in [0.25, 0.3) is 0 Å². The average Bonchev–Trinajstić information content (AvgIpc) is 2.78. The average molecular weight is 233 g/mol. The van der Waals surface area contributed by atoms with E-state index >= 15 is 0 Å². The van der Waals surface area contributed by atoms with E-state index in [1.54, 1.807) is 11.4 Å². The van der Waals surface area contributed by atoms with Gasteiger partial charge in [-0.15, -0.1) is 11.3 Å². The lowest BCUT2D eigenvalue weighted by Gasteiger charge is -2.01. The van der Waals surface area contributed by atoms with Crippen molar-refractivity contribution < 1.29 is 9.53 Å². The third-order valence-electron chi connectivity index (χ3n) is 2.06. The van der Waals surface area contributed by atoms with Crippen molar-refractivity contribution in [2.45, 2.75) is 0 Å². The first-order valence-electron chi connectivity index (χ1n) is 4.78. The van der Waals surface area contributed by atoms with Gasteiger partial charge in [0.25, 0.3) is 0 Å². The largest absolute Gasteiger partial charge is 0.465 e. The predicted octanol–water partition coefficient (Wildman–Crippen LogP) is 3.28. The number of hydrogen-bond acceptors (Lipinski definition) is 4. The van der Waals surface area contributed by atoms with Crippen molar-refractivity contribution in [1.29, 1.82) is 0 Å². The molecule has 2 rings (SSSR count). The van der Waals surface area contributed by atoms with Crippen LogP contribution < -0.4 is 5.32 Å². The molecule has 0 unspecified atom stereocenters. The molecule has 1 aromatic heterocycles. The Labute approximate surface area is 97.7 Å². The molecule has 0 aliphatic rings. The Hall–Kier alpha value is -1.81. The Balaban J connectivity index is 2.12. The van der Waals surface area contributed by atoms with Gasteiger partial charge in [-0.25, -0.2) is 4.79 Å². The van der Waals surface area contributed by atoms with Gasteiger partial charge in [0, 0.05) is 11.1 Å². The molecule has 0 spiro atoms. The summed E-state index contributed by atoms with van der Waals surface area (Å²) in [4.78, 5) is 11.2. The summed E-state index contributed by atoms with van der Waals surface area (Å²) in [6, 6.07) is 11.6. The van der Waals surface area contributed by atoms with Gasteiger partial charge in [0.15, 0.2) is 0 Å². The molecule has 16 heavy (non-hydrogen) atoms. The lowest BCUT2D eigenvalue weighted by molar-refractivity contribution is 0.0601. The molecule has 2 aromatic rings. The molecule has 0 saturated carbocycles. The van der Waals surface area contributed by atoms with Gasteiger partial charge in [0.2, 0.25) is 0 Å². The van der Waals surface area contributed by atoms with Gasteiger partial charge >= 0.3 is 5.97 Å². The molecule has 0 aliphatic heterocycles. The van der Waals surface area contributed by atoms with E-state index in [4.69, 9.17) is 0 Å². The Morgan fingerprint density at radius 2 is 2.06 bits per heavy atom. The number of carbonyl (C=O) groups excluding carboxylic acids is 1. The summed E-state index contributed by atoms with van der Waals surface area (Å²) in [6.45, 7) is 0. The quantitative estimate of drug-likeness (QED) is 0.827. The van der Waals surface area contributed by atoms with Gasteiger partial charge in [-0.05, 0) is 18.2 Å². The van der Waals surface area contributed by atoms with E-state index in [0.29, 0.717) is 5.56 Å². The standard InChI is InChI=1S/C12H11NO2S/c1-15-12(14)9-7-11(16-8-9)13-10-5-3-2-4-6-10/h2-8,13H,1H3. The summed E-state index contributed by atoms with van der Waals surface area (Å²) < 4.78 is 4.64. The van der Waals surface area contributed by atoms with Crippen LogP contribution in [0.4, 0.5) is 10.7 Å². The first kappa shape index (κ1) is 10.7. The van der Waals surface area contributed by atoms with Crippen LogP contribution in [-0.2, 0) is 4.74 Å². The Kier molecular flexibility index (Phi) is 3.22. The summed E-state index contributed by atoms with van der Waals surface area (Å²) in [5.41, 5.74) is 1.58. The fourth-order valence-corrected chi connectivity index (χ4v) is 2.08. The van der Waals surface area contributed by atoms with Gasteiger partial charge in [-0.1, -0.05) is 18.2 Å². The molecule has 0 atom stereocenters. The van der Waals surface area contributed by atoms with Crippen LogP contribution in [0.3, 0.4) is 0 Å². The van der Waals surface area contributed by atoms with E-state index in [1.165, 1.54) is 18.4 Å². The second-order valence-electron chi connectivity index (χ2n) is 3.18. The fraction of sp³-hybridized carbons (Fsp3) is 0.0833. The molecule has 0 aliphatic carbocycles. The minimum Gasteiger partial charge on any atom is -0.465 e. The predicted molar refractivity (Wildman–Crippen MR) is 65.4 cm³/mol. The zero-order valence-corrected chi connectivity index (χ0v) is 9.58. The number of para-hydroxylation sites is 1. The van der Waals surface area contributed by atoms with E-state index in [1.807, 2.05) is 30.3 Å². The molecule has 1 N–H and O–H groups in total. The summed E-state index contributed by atoms with van der Waals surface area (Å²) in [5.74, 6) is -0.308. The van der Waals surface area contributed by atoms with Crippen LogP contribution in [0.2, 0.25) is 0 Å². The normalized spacial score (nSPS) is 9.81. The molecular weight excluding hydrogens is 222 g/mol. The number of methoxy groups -OCH3 is 1. The monoisotopic (exact) mass is 233 g/mol. The van der Waals surface area contributed by atoms with Crippen molar-refractivity contribution in [2.24, 2.45) is 0 Å². The number of anilines is 2. The van der Waals surface area contributed by atoms with Gasteiger partial charge in [0.05, 0.1) is 17.7 Å². The highest BCUT2D eigenvalue weighted by Crippen LogP contribution is 2.24. The summed E-state index contributed by atoms with van der Waals surface area (Å²) >= 11 is 1.48. The molecule has 1 heterocycles. The first-order chi connectivity index (χ1) is 7.79. The van der Waals surface area contributed by atoms with Crippen LogP contribution in [0.5, 0.6) is 0 Å². The Morgan fingerprint density at radius 3 is 2.75 bits per heavy atom. The number of carbonyl (C=O) groups is 1. The van der Waals surface area contributed by atoms with E-state index in [9.17, 15) is 4.79 Å². The smallest absolute Gasteiger partial charge is 0.338 e. The maximum absolute atomic E-state index is 11.2. The first-order valence-corrected chi connectivity index (χ1v) is 5.66. The molecule has 0 saturated heterocycles. The SMILES string of the molecule is COC(=O)c1csc(Nc2ccccc2)c1. The van der Waals surface area contributed by atoms with E-state index < -0.39 is 0 Å². The Bertz CT molecular complexity index is 479. The van der Waals surface area contributed by atoms with Crippen LogP contribution in [-0.4, -0.2) is 13.1 Å². The highest BCUT2D eigenvalue weighted by atomic mass is 32.1. The molecule has 1 aromatic carbocycles. The van der Waals surface area contributed by atoms with Crippen molar-refractivity contribution in [3.63, 3.8) is 0 Å². The molecule has 0 fully saturated rings. The second-order valence-corrected chi connectivity index (χ2v) is 4.09. The molecule has 4 heteroatoms. The number of nitrogens with one attached hydrogen (secondary N) is 1. The van der Waals surface area contributed by atoms with Gasteiger partial charge in [-0.2, -0.15) is 0 Å². The van der Waals surface area contributed by atoms with Crippen LogP contribution in [0.1, 0.15) is 10.4 Å². The fourth-order valence-electron chi connectivity index (χ4n) is 1.29. The van der Waals surface area contributed by atoms with Crippen LogP contribution in [0.15, 0.2) is 41.8 Å². The number of rotatable bonds is 3. The summed E-state index contributed by atoms with van der Waals surface area (Å²) in [6.07, 6.45) is 0. The number of benzene rings is 1. The number of thiophene rings is 1. The van der Waals surface area contributed by atoms with Gasteiger partial charge in [-0.3, -0.25) is 0 Å². The third-order valence-corrected chi connectivity index (χ3v) is 2.91. The van der Waals surface area contributed by atoms with Crippen molar-refractivity contribution >= 4 is 28.0 Å². The van der Waals surface area contributed by atoms with Crippen molar-refractivity contribution in [3.05, 3.63) is 47.3 Å². The molecule has 3 nitrogen and oxygen atoms in total. The second kappa shape index (κ2) is 4.81. The van der Waals surface area contributed by atoms with Crippen LogP contribution in [0, 0.1) is 0 Å². The van der Waals surface area contributed by atoms with E-state index in [-0.39, 0.29) is 5.97 Å². The third kappa shape index (κ3) is 2.41. The number of ether oxygens (including phenoxy) is 1. The lowest BCUT2D eigenvalue weighted by atomic mass is 10.3. The number of esters is 1. The molecule has 0 amide bonds. The minimum absolute atomic E-state index is 0.308. The highest BCUT2D eigenvalue weighted by Gasteiger charge is 2.08. The highest BCUT2D eigenvalue weighted by molar-refractivity contribution is 7.14. The maximum atomic E-state index is 11.2. The summed E-state index contributed by atoms with van der Waals surface area (Å²) in [7, 11) is 1.38. The van der Waals surface area contributed by atoms with E-state index in [0.717, 1.165) is 10.7 Å². The van der Waals surface area contributed by atoms with Crippen LogP contribution >= 0.6 is 11.3 Å². The Morgan fingerprint density at radius 1 is 1.31 bits per heavy atom. The molecule has 0 bridgehead atoms. The zero-order valence-electron chi connectivity index (χ0n) is 8.77. The zero-order chi connectivity index (χ0) is 11.4. The molecule has 0 radical (unpaired) electrons. The van der Waals surface area contributed by atoms with Crippen molar-refractivity contribution in [3.8, 4) is 0 Å². The van der Waals surface area contributed by atoms with Gasteiger partial charge < -0.3 is 10.1 Å². The van der Waals surface area contributed by atoms with Crippen molar-refractivity contribution in [2.75, 3.05) is 12.4 Å². The molecular formula is C12H11NO2S. The lowest BCUT2D eigenvalue weighted by Crippen LogP contribution is -1.98. The van der Waals surface area contributed by atoms with E-state index in [2.05, 4.69) is 10.1 Å². The minimum atomic E-state index is -0.308. The topological polar surface area (TPSA) is 38.3 Å². The molecule has 82 valence electrons. The number of hydrogen-bond donors (Lipinski definition) is 1. The summed E-state index contributed by atoms with van der Waals surface area (Å²) in [5, 5.41) is 5.91. The van der Waals surface area contributed by atoms with Crippen molar-refractivity contribution in [1.82, 2.24) is 0 Å². The van der Waals surface area contributed by atoms with Gasteiger partial charge in [0.1, 0.15) is 0 Å².